The Hall–Kier alpha value is -1.28. The van der Waals surface area contributed by atoms with E-state index in [1.54, 1.807) is 0 Å². The van der Waals surface area contributed by atoms with Gasteiger partial charge >= 0.3 is 0 Å². The average Bonchev–Trinajstić information content (AvgIpc) is 3.42. The third-order valence-corrected chi connectivity index (χ3v) is 15.1. The van der Waals surface area contributed by atoms with Gasteiger partial charge in [-0.1, -0.05) is 39.5 Å². The van der Waals surface area contributed by atoms with Crippen molar-refractivity contribution in [2.75, 3.05) is 39.6 Å². The maximum atomic E-state index is 11.0. The third-order valence-electron chi connectivity index (χ3n) is 15.1. The van der Waals surface area contributed by atoms with Crippen LogP contribution in [0.3, 0.4) is 0 Å². The van der Waals surface area contributed by atoms with Crippen molar-refractivity contribution in [2.24, 2.45) is 34.4 Å². The van der Waals surface area contributed by atoms with Crippen molar-refractivity contribution >= 4 is 0 Å². The van der Waals surface area contributed by atoms with E-state index in [1.807, 2.05) is 13.8 Å². The summed E-state index contributed by atoms with van der Waals surface area (Å²) >= 11 is 0. The number of ether oxygens (including phenoxy) is 10. The van der Waals surface area contributed by atoms with Gasteiger partial charge in [-0.3, -0.25) is 0 Å². The lowest BCUT2D eigenvalue weighted by Crippen LogP contribution is -2.71. The van der Waals surface area contributed by atoms with Crippen LogP contribution in [0.15, 0.2) is 0 Å². The zero-order valence-electron chi connectivity index (χ0n) is 42.4. The summed E-state index contributed by atoms with van der Waals surface area (Å²) in [6.07, 6.45) is -28.5. The summed E-state index contributed by atoms with van der Waals surface area (Å²) in [7, 11) is 0. The molecular formula is C44H86N6O26. The predicted octanol–water partition coefficient (Wildman–Crippen LogP) is -12.2. The van der Waals surface area contributed by atoms with Crippen molar-refractivity contribution in [3.63, 3.8) is 0 Å². The van der Waals surface area contributed by atoms with Crippen LogP contribution >= 0.6 is 0 Å². The third kappa shape index (κ3) is 13.8. The number of aliphatic hydroxyl groups excluding tert-OH is 16. The van der Waals surface area contributed by atoms with Crippen molar-refractivity contribution in [3.05, 3.63) is 0 Å². The molecule has 0 aromatic rings. The van der Waals surface area contributed by atoms with Crippen LogP contribution in [-0.2, 0) is 47.4 Å². The molecule has 32 nitrogen and oxygen atoms in total. The van der Waals surface area contributed by atoms with Gasteiger partial charge in [-0.25, -0.2) is 0 Å². The fourth-order valence-corrected chi connectivity index (χ4v) is 10.1. The van der Waals surface area contributed by atoms with Crippen LogP contribution in [-0.4, -0.2) is 304 Å². The van der Waals surface area contributed by atoms with Gasteiger partial charge in [0.25, 0.3) is 0 Å². The SMILES string of the molecule is CCCC[C@]1(CO)O[C@H](OC2[C@@H](CO)O[C@@H](OC3[C@@H](CO)O[C@@H](O)[C@H](N)[C@H]3O)[C@H](N)[C@H]2O)[C@H](N)[C@@H](O)[C@@H]1O.CCCC[C@]1(CO)O[C@H](OC2[C@@H](CO)O[C@@H](OC3[C@@H](CO)O[C@@H](O)[C@H](N)[C@H]3O)[C@H](N)[C@H]2O)[C@H](N)[C@@H](O)[C@@H]1O. The van der Waals surface area contributed by atoms with Crippen LogP contribution in [0.1, 0.15) is 52.4 Å². The molecule has 0 aliphatic carbocycles. The molecule has 6 fully saturated rings. The van der Waals surface area contributed by atoms with Crippen molar-refractivity contribution in [3.8, 4) is 0 Å². The zero-order chi connectivity index (χ0) is 56.7. The Labute approximate surface area is 437 Å². The lowest BCUT2D eigenvalue weighted by molar-refractivity contribution is -0.361. The minimum atomic E-state index is -1.58. The molecule has 0 aromatic heterocycles. The Morgan fingerprint density at radius 3 is 0.908 bits per heavy atom. The molecule has 6 heterocycles. The largest absolute Gasteiger partial charge is 0.394 e. The standard InChI is InChI=1S/2C22H43N3O13/c2*1-2-3-4-22(7-28)18(32)15(31)12(25)21(38-22)37-17-9(6-27)35-20(11(24)14(17)30)36-16-8(5-26)34-19(33)10(23)13(16)29/h2*8-21,26-33H,2-7,23-25H2,1H3/t2*8-,9-,10-,11-,12-,13-,14-,15-,16?,17?,18+,19-,20+,21+,22-/m11/s1. The Morgan fingerprint density at radius 1 is 0.368 bits per heavy atom. The van der Waals surface area contributed by atoms with Gasteiger partial charge in [0.2, 0.25) is 0 Å². The van der Waals surface area contributed by atoms with Gasteiger partial charge < -0.3 is 163 Å². The maximum Gasteiger partial charge on any atom is 0.176 e. The van der Waals surface area contributed by atoms with Crippen molar-refractivity contribution in [1.29, 1.82) is 0 Å². The van der Waals surface area contributed by atoms with E-state index in [1.165, 1.54) is 0 Å². The second-order valence-electron chi connectivity index (χ2n) is 20.3. The Bertz CT molecular complexity index is 1600. The predicted molar refractivity (Wildman–Crippen MR) is 251 cm³/mol. The van der Waals surface area contributed by atoms with Crippen LogP contribution in [0.25, 0.3) is 0 Å². The number of rotatable bonds is 20. The summed E-state index contributed by atoms with van der Waals surface area (Å²) in [5.41, 5.74) is 32.7. The molecule has 76 heavy (non-hydrogen) atoms. The molecule has 0 saturated carbocycles. The zero-order valence-corrected chi connectivity index (χ0v) is 42.4. The molecule has 30 atom stereocenters. The molecule has 0 spiro atoms. The first kappa shape index (κ1) is 65.5. The first-order valence-electron chi connectivity index (χ1n) is 25.5. The number of hydrogen-bond donors (Lipinski definition) is 22. The van der Waals surface area contributed by atoms with Crippen molar-refractivity contribution in [1.82, 2.24) is 0 Å². The van der Waals surface area contributed by atoms with Gasteiger partial charge in [-0.15, -0.1) is 0 Å². The molecule has 32 heteroatoms. The highest BCUT2D eigenvalue weighted by Gasteiger charge is 2.58. The van der Waals surface area contributed by atoms with Gasteiger partial charge in [0, 0.05) is 0 Å². The molecule has 6 aliphatic rings. The first-order valence-corrected chi connectivity index (χ1v) is 25.5. The highest BCUT2D eigenvalue weighted by atomic mass is 16.8. The Balaban J connectivity index is 0.000000281. The molecule has 0 bridgehead atoms. The van der Waals surface area contributed by atoms with Crippen LogP contribution in [0.4, 0.5) is 0 Å². The summed E-state index contributed by atoms with van der Waals surface area (Å²) in [4.78, 5) is 0. The van der Waals surface area contributed by atoms with E-state index >= 15 is 0 Å². The number of aliphatic hydroxyl groups is 16. The fourth-order valence-electron chi connectivity index (χ4n) is 10.1. The average molecular weight is 1120 g/mol. The van der Waals surface area contributed by atoms with E-state index in [0.29, 0.717) is 25.7 Å². The van der Waals surface area contributed by atoms with Gasteiger partial charge in [0.15, 0.2) is 37.7 Å². The van der Waals surface area contributed by atoms with Crippen LogP contribution in [0, 0.1) is 0 Å². The molecule has 6 aliphatic heterocycles. The van der Waals surface area contributed by atoms with Crippen LogP contribution in [0.2, 0.25) is 0 Å². The quantitative estimate of drug-likeness (QED) is 0.0538. The number of unbranched alkanes of at least 4 members (excludes halogenated alkanes) is 2. The van der Waals surface area contributed by atoms with E-state index in [9.17, 15) is 81.7 Å². The van der Waals surface area contributed by atoms with Crippen molar-refractivity contribution in [2.45, 2.75) is 235 Å². The molecule has 6 rings (SSSR count). The summed E-state index contributed by atoms with van der Waals surface area (Å²) in [6, 6.07) is -7.82. The number of hydrogen-bond acceptors (Lipinski definition) is 32. The molecule has 4 unspecified atom stereocenters. The first-order chi connectivity index (χ1) is 35.9. The van der Waals surface area contributed by atoms with Gasteiger partial charge in [-0.05, 0) is 12.8 Å². The maximum absolute atomic E-state index is 11.0. The summed E-state index contributed by atoms with van der Waals surface area (Å²) in [5.74, 6) is 0. The molecule has 448 valence electrons. The topological polar surface area (TPSA) is 572 Å². The minimum absolute atomic E-state index is 0.183. The lowest BCUT2D eigenvalue weighted by Gasteiger charge is -2.51. The second-order valence-corrected chi connectivity index (χ2v) is 20.3. The molecule has 0 radical (unpaired) electrons. The Kier molecular flexibility index (Phi) is 24.7. The van der Waals surface area contributed by atoms with E-state index < -0.39 is 222 Å². The van der Waals surface area contributed by atoms with E-state index in [-0.39, 0.29) is 12.8 Å². The highest BCUT2D eigenvalue weighted by molar-refractivity contribution is 5.05. The summed E-state index contributed by atoms with van der Waals surface area (Å²) < 4.78 is 56.6. The highest BCUT2D eigenvalue weighted by Crippen LogP contribution is 2.39. The van der Waals surface area contributed by atoms with E-state index in [2.05, 4.69) is 0 Å². The molecule has 0 amide bonds. The van der Waals surface area contributed by atoms with Crippen LogP contribution in [0.5, 0.6) is 0 Å². The van der Waals surface area contributed by atoms with Crippen molar-refractivity contribution < 1.29 is 129 Å². The lowest BCUT2D eigenvalue weighted by atomic mass is 9.82. The van der Waals surface area contributed by atoms with Gasteiger partial charge in [-0.2, -0.15) is 0 Å². The van der Waals surface area contributed by atoms with Crippen LogP contribution < -0.4 is 34.4 Å². The fraction of sp³-hybridized carbons (Fsp3) is 1.00. The van der Waals surface area contributed by atoms with Gasteiger partial charge in [0.05, 0.1) is 75.9 Å². The Morgan fingerprint density at radius 2 is 0.632 bits per heavy atom. The monoisotopic (exact) mass is 1110 g/mol. The van der Waals surface area contributed by atoms with Gasteiger partial charge in [0.1, 0.15) is 109 Å². The summed E-state index contributed by atoms with van der Waals surface area (Å²) in [5, 5.41) is 164. The molecule has 28 N–H and O–H groups in total. The number of nitrogens with two attached hydrogens (primary N) is 6. The molecular weight excluding hydrogens is 1030 g/mol. The molecule has 0 aromatic carbocycles. The second kappa shape index (κ2) is 28.6. The smallest absolute Gasteiger partial charge is 0.176 e. The molecule has 6 saturated heterocycles. The minimum Gasteiger partial charge on any atom is -0.394 e. The van der Waals surface area contributed by atoms with E-state index in [4.69, 9.17) is 81.8 Å². The summed E-state index contributed by atoms with van der Waals surface area (Å²) in [6.45, 7) is -0.197. The normalized spacial score (nSPS) is 50.2. The van der Waals surface area contributed by atoms with E-state index in [0.717, 1.165) is 0 Å².